The molecule has 4 nitrogen and oxygen atoms in total. The van der Waals surface area contributed by atoms with Crippen molar-refractivity contribution in [1.82, 2.24) is 0 Å². The number of halogens is 2. The zero-order chi connectivity index (χ0) is 10.2. The molecule has 0 atom stereocenters. The van der Waals surface area contributed by atoms with Crippen molar-refractivity contribution in [3.05, 3.63) is 21.6 Å². The minimum Gasteiger partial charge on any atom is -0.398 e. The van der Waals surface area contributed by atoms with Gasteiger partial charge in [0.15, 0.2) is 0 Å². The molecule has 1 rings (SSSR count). The summed E-state index contributed by atoms with van der Waals surface area (Å²) in [6.45, 7) is 0. The average Bonchev–Trinajstić information content (AvgIpc) is 1.94. The Morgan fingerprint density at radius 2 is 1.92 bits per heavy atom. The molecule has 13 heavy (non-hydrogen) atoms. The van der Waals surface area contributed by atoms with Gasteiger partial charge in [-0.2, -0.15) is 0 Å². The SMILES string of the molecule is Nc1cc(Cl)c(Br)cc1S(N)(=O)=O. The Morgan fingerprint density at radius 1 is 1.38 bits per heavy atom. The number of primary sulfonamides is 1. The number of hydrogen-bond acceptors (Lipinski definition) is 3. The van der Waals surface area contributed by atoms with Crippen LogP contribution < -0.4 is 10.9 Å². The number of sulfonamides is 1. The zero-order valence-corrected chi connectivity index (χ0v) is 9.45. The predicted octanol–water partition coefficient (Wildman–Crippen LogP) is 1.33. The van der Waals surface area contributed by atoms with Gasteiger partial charge >= 0.3 is 0 Å². The number of anilines is 1. The molecule has 0 fully saturated rings. The minimum atomic E-state index is -3.79. The van der Waals surface area contributed by atoms with Crippen molar-refractivity contribution in [3.63, 3.8) is 0 Å². The third-order valence-electron chi connectivity index (χ3n) is 1.36. The molecule has 0 saturated carbocycles. The number of hydrogen-bond donors (Lipinski definition) is 2. The second kappa shape index (κ2) is 3.45. The van der Waals surface area contributed by atoms with Crippen LogP contribution in [0, 0.1) is 0 Å². The molecule has 4 N–H and O–H groups in total. The van der Waals surface area contributed by atoms with Gasteiger partial charge in [0.25, 0.3) is 0 Å². The molecule has 0 bridgehead atoms. The van der Waals surface area contributed by atoms with E-state index in [9.17, 15) is 8.42 Å². The van der Waals surface area contributed by atoms with Crippen LogP contribution in [0.3, 0.4) is 0 Å². The van der Waals surface area contributed by atoms with Gasteiger partial charge < -0.3 is 5.73 Å². The largest absolute Gasteiger partial charge is 0.398 e. The van der Waals surface area contributed by atoms with Gasteiger partial charge in [-0.3, -0.25) is 0 Å². The molecule has 0 aliphatic heterocycles. The Balaban J connectivity index is 3.50. The molecule has 1 aromatic carbocycles. The van der Waals surface area contributed by atoms with Gasteiger partial charge in [-0.25, -0.2) is 13.6 Å². The summed E-state index contributed by atoms with van der Waals surface area (Å²) in [6.07, 6.45) is 0. The molecule has 0 aliphatic rings. The normalized spacial score (nSPS) is 11.6. The average molecular weight is 286 g/mol. The maximum atomic E-state index is 11.0. The van der Waals surface area contributed by atoms with Crippen LogP contribution >= 0.6 is 27.5 Å². The summed E-state index contributed by atoms with van der Waals surface area (Å²) in [5.41, 5.74) is 5.45. The van der Waals surface area contributed by atoms with Crippen molar-refractivity contribution in [3.8, 4) is 0 Å². The van der Waals surface area contributed by atoms with Crippen LogP contribution in [0.4, 0.5) is 5.69 Å². The highest BCUT2D eigenvalue weighted by atomic mass is 79.9. The van der Waals surface area contributed by atoms with E-state index in [0.29, 0.717) is 9.50 Å². The van der Waals surface area contributed by atoms with Gasteiger partial charge in [0.1, 0.15) is 4.90 Å². The highest BCUT2D eigenvalue weighted by Crippen LogP contribution is 2.29. The van der Waals surface area contributed by atoms with Crippen molar-refractivity contribution < 1.29 is 8.42 Å². The summed E-state index contributed by atoms with van der Waals surface area (Å²) in [6, 6.07) is 2.60. The lowest BCUT2D eigenvalue weighted by Crippen LogP contribution is -2.14. The van der Waals surface area contributed by atoms with Gasteiger partial charge in [0.2, 0.25) is 10.0 Å². The molecule has 0 aromatic heterocycles. The number of benzene rings is 1. The molecule has 0 heterocycles. The smallest absolute Gasteiger partial charge is 0.240 e. The summed E-state index contributed by atoms with van der Waals surface area (Å²) < 4.78 is 22.3. The first-order chi connectivity index (χ1) is 5.82. The van der Waals surface area contributed by atoms with Gasteiger partial charge in [-0.1, -0.05) is 11.6 Å². The predicted molar refractivity (Wildman–Crippen MR) is 54.9 cm³/mol. The van der Waals surface area contributed by atoms with Crippen LogP contribution in [0.5, 0.6) is 0 Å². The molecule has 72 valence electrons. The van der Waals surface area contributed by atoms with E-state index in [2.05, 4.69) is 15.9 Å². The molecular weight excluding hydrogens is 280 g/mol. The standard InChI is InChI=1S/C6H6BrClN2O2S/c7-3-1-6(13(10,11)12)5(9)2-4(3)8/h1-2H,9H2,(H2,10,11,12). The lowest BCUT2D eigenvalue weighted by Gasteiger charge is -2.04. The molecule has 0 amide bonds. The first-order valence-electron chi connectivity index (χ1n) is 3.09. The van der Waals surface area contributed by atoms with Crippen LogP contribution in [0.25, 0.3) is 0 Å². The molecule has 0 unspecified atom stereocenters. The molecule has 1 aromatic rings. The Labute approximate surface area is 89.0 Å². The summed E-state index contributed by atoms with van der Waals surface area (Å²) in [4.78, 5) is -0.135. The van der Waals surface area contributed by atoms with Crippen LogP contribution in [0.15, 0.2) is 21.5 Å². The fourth-order valence-corrected chi connectivity index (χ4v) is 2.13. The van der Waals surface area contributed by atoms with Gasteiger partial charge in [0.05, 0.1) is 10.7 Å². The lowest BCUT2D eigenvalue weighted by atomic mass is 10.3. The second-order valence-electron chi connectivity index (χ2n) is 2.35. The van der Waals surface area contributed by atoms with E-state index in [4.69, 9.17) is 22.5 Å². The van der Waals surface area contributed by atoms with Crippen LogP contribution in [-0.2, 0) is 10.0 Å². The van der Waals surface area contributed by atoms with Crippen LogP contribution in [0.2, 0.25) is 5.02 Å². The van der Waals surface area contributed by atoms with Gasteiger partial charge in [-0.15, -0.1) is 0 Å². The van der Waals surface area contributed by atoms with E-state index in [1.165, 1.54) is 12.1 Å². The zero-order valence-electron chi connectivity index (χ0n) is 6.29. The van der Waals surface area contributed by atoms with Gasteiger partial charge in [-0.05, 0) is 28.1 Å². The quantitative estimate of drug-likeness (QED) is 0.763. The summed E-state index contributed by atoms with van der Waals surface area (Å²) in [5, 5.41) is 5.24. The summed E-state index contributed by atoms with van der Waals surface area (Å²) >= 11 is 8.74. The molecular formula is C6H6BrClN2O2S. The van der Waals surface area contributed by atoms with E-state index < -0.39 is 10.0 Å². The molecule has 7 heteroatoms. The van der Waals surface area contributed by atoms with E-state index in [-0.39, 0.29) is 10.6 Å². The van der Waals surface area contributed by atoms with Gasteiger partial charge in [0, 0.05) is 4.47 Å². The number of rotatable bonds is 1. The Kier molecular flexibility index (Phi) is 2.86. The lowest BCUT2D eigenvalue weighted by molar-refractivity contribution is 0.598. The van der Waals surface area contributed by atoms with Crippen molar-refractivity contribution in [1.29, 1.82) is 0 Å². The van der Waals surface area contributed by atoms with E-state index in [0.717, 1.165) is 0 Å². The number of nitrogen functional groups attached to an aromatic ring is 1. The maximum Gasteiger partial charge on any atom is 0.240 e. The molecule has 0 aliphatic carbocycles. The fraction of sp³-hybridized carbons (Fsp3) is 0. The van der Waals surface area contributed by atoms with Crippen molar-refractivity contribution in [2.24, 2.45) is 5.14 Å². The fourth-order valence-electron chi connectivity index (χ4n) is 0.790. The van der Waals surface area contributed by atoms with Crippen molar-refractivity contribution >= 4 is 43.2 Å². The number of nitrogens with two attached hydrogens (primary N) is 2. The summed E-state index contributed by atoms with van der Waals surface area (Å²) in [5.74, 6) is 0. The van der Waals surface area contributed by atoms with Crippen LogP contribution in [-0.4, -0.2) is 8.42 Å². The molecule has 0 spiro atoms. The molecule has 0 radical (unpaired) electrons. The summed E-state index contributed by atoms with van der Waals surface area (Å²) in [7, 11) is -3.79. The van der Waals surface area contributed by atoms with E-state index in [1.807, 2.05) is 0 Å². The Bertz CT molecular complexity index is 446. The topological polar surface area (TPSA) is 86.2 Å². The van der Waals surface area contributed by atoms with Crippen molar-refractivity contribution in [2.45, 2.75) is 4.90 Å². The maximum absolute atomic E-state index is 11.0. The Hall–Kier alpha value is -0.300. The molecule has 0 saturated heterocycles. The van der Waals surface area contributed by atoms with E-state index >= 15 is 0 Å². The second-order valence-corrected chi connectivity index (χ2v) is 5.14. The minimum absolute atomic E-state index is 0.0377. The monoisotopic (exact) mass is 284 g/mol. The van der Waals surface area contributed by atoms with Crippen molar-refractivity contribution in [2.75, 3.05) is 5.73 Å². The first-order valence-corrected chi connectivity index (χ1v) is 5.81. The third kappa shape index (κ3) is 2.34. The Morgan fingerprint density at radius 3 is 2.38 bits per heavy atom. The van der Waals surface area contributed by atoms with Crippen LogP contribution in [0.1, 0.15) is 0 Å². The third-order valence-corrected chi connectivity index (χ3v) is 3.52. The highest BCUT2D eigenvalue weighted by molar-refractivity contribution is 9.10. The highest BCUT2D eigenvalue weighted by Gasteiger charge is 2.14. The first kappa shape index (κ1) is 10.8. The van der Waals surface area contributed by atoms with E-state index in [1.54, 1.807) is 0 Å².